The summed E-state index contributed by atoms with van der Waals surface area (Å²) in [7, 11) is 0. The number of carbonyl (C=O) groups excluding carboxylic acids is 1. The van der Waals surface area contributed by atoms with Crippen molar-refractivity contribution in [3.8, 4) is 5.75 Å². The Bertz CT molecular complexity index is 714. The zero-order valence-corrected chi connectivity index (χ0v) is 16.6. The third-order valence-corrected chi connectivity index (χ3v) is 4.45. The van der Waals surface area contributed by atoms with Gasteiger partial charge in [0.25, 0.3) is 0 Å². The van der Waals surface area contributed by atoms with Gasteiger partial charge in [0.15, 0.2) is 0 Å². The molecule has 2 rings (SSSR count). The van der Waals surface area contributed by atoms with Crippen molar-refractivity contribution in [2.24, 2.45) is 0 Å². The van der Waals surface area contributed by atoms with Crippen molar-refractivity contribution in [2.45, 2.75) is 58.9 Å². The lowest BCUT2D eigenvalue weighted by atomic mass is 9.86. The Balaban J connectivity index is 1.75. The van der Waals surface area contributed by atoms with Crippen LogP contribution in [0.25, 0.3) is 0 Å². The van der Waals surface area contributed by atoms with E-state index in [1.54, 1.807) is 0 Å². The molecule has 1 unspecified atom stereocenters. The highest BCUT2D eigenvalue weighted by Crippen LogP contribution is 2.22. The topological polar surface area (TPSA) is 38.3 Å². The molecule has 0 spiro atoms. The number of amides is 1. The van der Waals surface area contributed by atoms with Crippen LogP contribution in [0.2, 0.25) is 0 Å². The van der Waals surface area contributed by atoms with E-state index in [1.165, 1.54) is 11.1 Å². The Morgan fingerprint density at radius 2 is 1.73 bits per heavy atom. The number of carbonyl (C=O) groups is 1. The standard InChI is InChI=1S/C23H31NO2/c1-17-8-6-7-9-21(17)26-16-18(2)24-22(25)15-12-19-10-13-20(14-11-19)23(3,4)5/h6-11,13-14,18H,12,15-16H2,1-5H3,(H,24,25). The minimum absolute atomic E-state index is 0.0228. The van der Waals surface area contributed by atoms with Crippen molar-refractivity contribution < 1.29 is 9.53 Å². The highest BCUT2D eigenvalue weighted by atomic mass is 16.5. The summed E-state index contributed by atoms with van der Waals surface area (Å²) in [5, 5.41) is 3.01. The van der Waals surface area contributed by atoms with E-state index in [2.05, 4.69) is 50.4 Å². The van der Waals surface area contributed by atoms with Crippen LogP contribution in [0.15, 0.2) is 48.5 Å². The smallest absolute Gasteiger partial charge is 0.220 e. The summed E-state index contributed by atoms with van der Waals surface area (Å²) in [6, 6.07) is 16.5. The molecule has 0 aliphatic heterocycles. The lowest BCUT2D eigenvalue weighted by Gasteiger charge is -2.19. The first-order valence-corrected chi connectivity index (χ1v) is 9.33. The first kappa shape index (κ1) is 20.0. The van der Waals surface area contributed by atoms with E-state index in [0.29, 0.717) is 13.0 Å². The van der Waals surface area contributed by atoms with E-state index in [-0.39, 0.29) is 17.4 Å². The molecule has 0 aliphatic carbocycles. The van der Waals surface area contributed by atoms with Gasteiger partial charge in [-0.3, -0.25) is 4.79 Å². The predicted octanol–water partition coefficient (Wildman–Crippen LogP) is 4.81. The summed E-state index contributed by atoms with van der Waals surface area (Å²) in [5.41, 5.74) is 3.76. The maximum Gasteiger partial charge on any atom is 0.220 e. The predicted molar refractivity (Wildman–Crippen MR) is 108 cm³/mol. The van der Waals surface area contributed by atoms with Crippen LogP contribution in [-0.4, -0.2) is 18.6 Å². The number of aryl methyl sites for hydroxylation is 2. The van der Waals surface area contributed by atoms with Crippen molar-refractivity contribution in [3.05, 3.63) is 65.2 Å². The number of hydrogen-bond donors (Lipinski definition) is 1. The fraction of sp³-hybridized carbons (Fsp3) is 0.435. The highest BCUT2D eigenvalue weighted by Gasteiger charge is 2.13. The number of nitrogens with one attached hydrogen (secondary N) is 1. The minimum atomic E-state index is -0.0228. The molecule has 1 N–H and O–H groups in total. The van der Waals surface area contributed by atoms with Crippen LogP contribution in [0.4, 0.5) is 0 Å². The van der Waals surface area contributed by atoms with Crippen molar-refractivity contribution in [2.75, 3.05) is 6.61 Å². The van der Waals surface area contributed by atoms with Crippen molar-refractivity contribution in [3.63, 3.8) is 0 Å². The number of ether oxygens (including phenoxy) is 1. The monoisotopic (exact) mass is 353 g/mol. The van der Waals surface area contributed by atoms with E-state index in [1.807, 2.05) is 38.1 Å². The molecule has 0 aliphatic rings. The Labute approximate surface area is 157 Å². The van der Waals surface area contributed by atoms with Gasteiger partial charge < -0.3 is 10.1 Å². The molecule has 140 valence electrons. The van der Waals surface area contributed by atoms with Gasteiger partial charge in [-0.15, -0.1) is 0 Å². The van der Waals surface area contributed by atoms with Crippen LogP contribution in [-0.2, 0) is 16.6 Å². The van der Waals surface area contributed by atoms with Gasteiger partial charge >= 0.3 is 0 Å². The van der Waals surface area contributed by atoms with Gasteiger partial charge in [-0.1, -0.05) is 63.2 Å². The third kappa shape index (κ3) is 6.21. The number of rotatable bonds is 7. The quantitative estimate of drug-likeness (QED) is 0.776. The molecule has 0 aromatic heterocycles. The largest absolute Gasteiger partial charge is 0.491 e. The molecule has 2 aromatic rings. The zero-order chi connectivity index (χ0) is 19.2. The molecule has 1 atom stereocenters. The van der Waals surface area contributed by atoms with Gasteiger partial charge in [0.2, 0.25) is 5.91 Å². The molecular formula is C23H31NO2. The second-order valence-electron chi connectivity index (χ2n) is 7.99. The molecule has 0 heterocycles. The zero-order valence-electron chi connectivity index (χ0n) is 16.6. The Morgan fingerprint density at radius 3 is 2.35 bits per heavy atom. The SMILES string of the molecule is Cc1ccccc1OCC(C)NC(=O)CCc1ccc(C(C)(C)C)cc1. The van der Waals surface area contributed by atoms with Crippen LogP contribution < -0.4 is 10.1 Å². The van der Waals surface area contributed by atoms with Crippen LogP contribution >= 0.6 is 0 Å². The molecule has 0 fully saturated rings. The van der Waals surface area contributed by atoms with Crippen LogP contribution in [0.3, 0.4) is 0 Å². The van der Waals surface area contributed by atoms with Crippen molar-refractivity contribution in [1.82, 2.24) is 5.32 Å². The van der Waals surface area contributed by atoms with E-state index in [9.17, 15) is 4.79 Å². The number of para-hydroxylation sites is 1. The Kier molecular flexibility index (Phi) is 6.84. The lowest BCUT2D eigenvalue weighted by Crippen LogP contribution is -2.36. The summed E-state index contributed by atoms with van der Waals surface area (Å²) >= 11 is 0. The number of benzene rings is 2. The fourth-order valence-corrected chi connectivity index (χ4v) is 2.75. The second-order valence-corrected chi connectivity index (χ2v) is 7.99. The third-order valence-electron chi connectivity index (χ3n) is 4.45. The van der Waals surface area contributed by atoms with Crippen LogP contribution in [0.1, 0.15) is 50.8 Å². The van der Waals surface area contributed by atoms with Crippen LogP contribution in [0, 0.1) is 6.92 Å². The molecule has 3 heteroatoms. The normalized spacial score (nSPS) is 12.5. The minimum Gasteiger partial charge on any atom is -0.491 e. The summed E-state index contributed by atoms with van der Waals surface area (Å²) in [6.07, 6.45) is 1.24. The summed E-state index contributed by atoms with van der Waals surface area (Å²) < 4.78 is 5.79. The summed E-state index contributed by atoms with van der Waals surface area (Å²) in [5.74, 6) is 0.929. The lowest BCUT2D eigenvalue weighted by molar-refractivity contribution is -0.121. The maximum absolute atomic E-state index is 12.2. The highest BCUT2D eigenvalue weighted by molar-refractivity contribution is 5.76. The molecule has 0 saturated heterocycles. The summed E-state index contributed by atoms with van der Waals surface area (Å²) in [6.45, 7) is 11.1. The second kappa shape index (κ2) is 8.88. The van der Waals surface area contributed by atoms with E-state index in [0.717, 1.165) is 17.7 Å². The number of hydrogen-bond acceptors (Lipinski definition) is 2. The van der Waals surface area contributed by atoms with Gasteiger partial charge in [-0.25, -0.2) is 0 Å². The molecule has 3 nitrogen and oxygen atoms in total. The van der Waals surface area contributed by atoms with Gasteiger partial charge in [-0.05, 0) is 48.4 Å². The molecule has 2 aromatic carbocycles. The van der Waals surface area contributed by atoms with Gasteiger partial charge in [0, 0.05) is 6.42 Å². The Hall–Kier alpha value is -2.29. The molecule has 0 bridgehead atoms. The molecule has 0 radical (unpaired) electrons. The molecule has 0 saturated carbocycles. The van der Waals surface area contributed by atoms with Crippen LogP contribution in [0.5, 0.6) is 5.75 Å². The fourth-order valence-electron chi connectivity index (χ4n) is 2.75. The first-order chi connectivity index (χ1) is 12.3. The van der Waals surface area contributed by atoms with Crippen molar-refractivity contribution >= 4 is 5.91 Å². The van der Waals surface area contributed by atoms with E-state index >= 15 is 0 Å². The average Bonchev–Trinajstić information content (AvgIpc) is 2.59. The first-order valence-electron chi connectivity index (χ1n) is 9.33. The molecule has 1 amide bonds. The van der Waals surface area contributed by atoms with Crippen molar-refractivity contribution in [1.29, 1.82) is 0 Å². The van der Waals surface area contributed by atoms with E-state index < -0.39 is 0 Å². The molecule has 26 heavy (non-hydrogen) atoms. The van der Waals surface area contributed by atoms with Gasteiger partial charge in [-0.2, -0.15) is 0 Å². The van der Waals surface area contributed by atoms with E-state index in [4.69, 9.17) is 4.74 Å². The van der Waals surface area contributed by atoms with Gasteiger partial charge in [0.05, 0.1) is 6.04 Å². The molecular weight excluding hydrogens is 322 g/mol. The average molecular weight is 354 g/mol. The summed E-state index contributed by atoms with van der Waals surface area (Å²) in [4.78, 5) is 12.2. The van der Waals surface area contributed by atoms with Gasteiger partial charge in [0.1, 0.15) is 12.4 Å². The maximum atomic E-state index is 12.2. The Morgan fingerprint density at radius 1 is 1.08 bits per heavy atom.